The fourth-order valence-electron chi connectivity index (χ4n) is 4.42. The lowest BCUT2D eigenvalue weighted by Gasteiger charge is -2.30. The van der Waals surface area contributed by atoms with E-state index < -0.39 is 6.10 Å². The van der Waals surface area contributed by atoms with Crippen molar-refractivity contribution in [2.75, 3.05) is 32.8 Å². The first-order valence-electron chi connectivity index (χ1n) is 9.26. The number of rotatable bonds is 3. The molecule has 0 bridgehead atoms. The zero-order valence-corrected chi connectivity index (χ0v) is 14.5. The molecule has 24 heavy (non-hydrogen) atoms. The molecule has 3 heteroatoms. The molecule has 0 spiro atoms. The first-order chi connectivity index (χ1) is 11.7. The molecule has 2 aromatic rings. The molecule has 3 nitrogen and oxygen atoms in total. The van der Waals surface area contributed by atoms with Crippen LogP contribution in [-0.2, 0) is 11.2 Å². The van der Waals surface area contributed by atoms with Gasteiger partial charge in [-0.3, -0.25) is 4.90 Å². The van der Waals surface area contributed by atoms with Crippen molar-refractivity contribution in [2.45, 2.75) is 38.2 Å². The van der Waals surface area contributed by atoms with Gasteiger partial charge in [-0.05, 0) is 52.6 Å². The van der Waals surface area contributed by atoms with E-state index >= 15 is 0 Å². The minimum atomic E-state index is -0.435. The van der Waals surface area contributed by atoms with Crippen LogP contribution in [0.2, 0.25) is 0 Å². The van der Waals surface area contributed by atoms with E-state index in [-0.39, 0.29) is 0 Å². The molecule has 0 aromatic heterocycles. The van der Waals surface area contributed by atoms with Gasteiger partial charge in [0.25, 0.3) is 0 Å². The molecule has 0 amide bonds. The monoisotopic (exact) mass is 325 g/mol. The summed E-state index contributed by atoms with van der Waals surface area (Å²) in [6, 6.07) is 10.9. The quantitative estimate of drug-likeness (QED) is 0.935. The second-order valence-electron chi connectivity index (χ2n) is 7.31. The molecule has 1 fully saturated rings. The molecule has 1 heterocycles. The molecule has 0 radical (unpaired) electrons. The van der Waals surface area contributed by atoms with Crippen LogP contribution in [0.5, 0.6) is 0 Å². The normalized spacial score (nSPS) is 23.2. The lowest BCUT2D eigenvalue weighted by Crippen LogP contribution is -2.38. The predicted molar refractivity (Wildman–Crippen MR) is 97.5 cm³/mol. The van der Waals surface area contributed by atoms with Crippen LogP contribution in [0.1, 0.15) is 48.5 Å². The van der Waals surface area contributed by atoms with Crippen molar-refractivity contribution >= 4 is 10.8 Å². The van der Waals surface area contributed by atoms with Crippen molar-refractivity contribution < 1.29 is 9.84 Å². The Morgan fingerprint density at radius 3 is 2.75 bits per heavy atom. The van der Waals surface area contributed by atoms with E-state index in [1.54, 1.807) is 0 Å². The van der Waals surface area contributed by atoms with Gasteiger partial charge in [0.15, 0.2) is 0 Å². The van der Waals surface area contributed by atoms with Crippen LogP contribution < -0.4 is 0 Å². The maximum absolute atomic E-state index is 11.0. The third-order valence-electron chi connectivity index (χ3n) is 5.67. The molecule has 2 atom stereocenters. The van der Waals surface area contributed by atoms with E-state index in [0.29, 0.717) is 12.5 Å². The van der Waals surface area contributed by atoms with Gasteiger partial charge in [-0.2, -0.15) is 0 Å². The van der Waals surface area contributed by atoms with Gasteiger partial charge in [-0.15, -0.1) is 0 Å². The Morgan fingerprint density at radius 2 is 1.96 bits per heavy atom. The van der Waals surface area contributed by atoms with Gasteiger partial charge < -0.3 is 9.84 Å². The summed E-state index contributed by atoms with van der Waals surface area (Å²) in [6.07, 6.45) is 3.23. The third kappa shape index (κ3) is 2.97. The van der Waals surface area contributed by atoms with E-state index in [9.17, 15) is 5.11 Å². The Morgan fingerprint density at radius 1 is 1.21 bits per heavy atom. The van der Waals surface area contributed by atoms with Crippen molar-refractivity contribution in [1.82, 2.24) is 4.90 Å². The molecule has 1 aliphatic carbocycles. The molecule has 2 aliphatic rings. The average Bonchev–Trinajstić information content (AvgIpc) is 2.62. The number of nitrogens with zero attached hydrogens (tertiary/aromatic N) is 1. The Kier molecular flexibility index (Phi) is 4.57. The number of morpholine rings is 1. The molecule has 128 valence electrons. The highest BCUT2D eigenvalue weighted by molar-refractivity contribution is 5.90. The van der Waals surface area contributed by atoms with Crippen LogP contribution in [-0.4, -0.2) is 42.9 Å². The smallest absolute Gasteiger partial charge is 0.0923 e. The fourth-order valence-corrected chi connectivity index (χ4v) is 4.42. The second kappa shape index (κ2) is 6.83. The molecule has 1 saturated heterocycles. The number of benzene rings is 2. The highest BCUT2D eigenvalue weighted by atomic mass is 16.5. The van der Waals surface area contributed by atoms with Crippen LogP contribution in [0.15, 0.2) is 30.3 Å². The van der Waals surface area contributed by atoms with Crippen LogP contribution >= 0.6 is 0 Å². The first-order valence-corrected chi connectivity index (χ1v) is 9.26. The summed E-state index contributed by atoms with van der Waals surface area (Å²) in [5.41, 5.74) is 4.06. The van der Waals surface area contributed by atoms with Gasteiger partial charge in [0.05, 0.1) is 19.3 Å². The number of aliphatic hydroxyl groups is 1. The number of hydrogen-bond acceptors (Lipinski definition) is 3. The summed E-state index contributed by atoms with van der Waals surface area (Å²) in [7, 11) is 0. The number of fused-ring (bicyclic) bond motifs is 3. The first kappa shape index (κ1) is 16.1. The minimum absolute atomic E-state index is 0.435. The van der Waals surface area contributed by atoms with E-state index in [1.165, 1.54) is 34.7 Å². The molecule has 4 rings (SSSR count). The molecular weight excluding hydrogens is 298 g/mol. The number of β-amino-alcohol motifs (C(OH)–C–C–N with tert-alkyl or cyclic N) is 1. The van der Waals surface area contributed by atoms with E-state index in [0.717, 1.165) is 38.3 Å². The maximum Gasteiger partial charge on any atom is 0.0923 e. The molecule has 2 aromatic carbocycles. The Labute approximate surface area is 144 Å². The second-order valence-corrected chi connectivity index (χ2v) is 7.31. The minimum Gasteiger partial charge on any atom is -0.387 e. The number of ether oxygens (including phenoxy) is 1. The topological polar surface area (TPSA) is 32.7 Å². The lowest BCUT2D eigenvalue weighted by molar-refractivity contribution is 0.0146. The fraction of sp³-hybridized carbons (Fsp3) is 0.524. The van der Waals surface area contributed by atoms with Crippen LogP contribution in [0, 0.1) is 0 Å². The highest BCUT2D eigenvalue weighted by Crippen LogP contribution is 2.39. The largest absolute Gasteiger partial charge is 0.387 e. The SMILES string of the molecule is CC1CCCc2cc(C(O)CN3CCOCC3)c3ccccc3c21. The van der Waals surface area contributed by atoms with Crippen LogP contribution in [0.3, 0.4) is 0 Å². The summed E-state index contributed by atoms with van der Waals surface area (Å²) in [4.78, 5) is 2.31. The number of hydrogen-bond donors (Lipinski definition) is 1. The predicted octanol–water partition coefficient (Wildman–Crippen LogP) is 3.65. The zero-order valence-electron chi connectivity index (χ0n) is 14.5. The van der Waals surface area contributed by atoms with Crippen molar-refractivity contribution in [2.24, 2.45) is 0 Å². The van der Waals surface area contributed by atoms with Gasteiger partial charge in [0, 0.05) is 19.6 Å². The summed E-state index contributed by atoms with van der Waals surface area (Å²) < 4.78 is 5.42. The van der Waals surface area contributed by atoms with Crippen LogP contribution in [0.25, 0.3) is 10.8 Å². The van der Waals surface area contributed by atoms with Gasteiger partial charge in [-0.1, -0.05) is 37.3 Å². The standard InChI is InChI=1S/C21H27NO2/c1-15-5-4-6-16-13-19(17-7-2-3-8-18(17)21(15)16)20(23)14-22-9-11-24-12-10-22/h2-3,7-8,13,15,20,23H,4-6,9-12,14H2,1H3. The van der Waals surface area contributed by atoms with Crippen molar-refractivity contribution in [3.63, 3.8) is 0 Å². The third-order valence-corrected chi connectivity index (χ3v) is 5.67. The number of aryl methyl sites for hydroxylation is 1. The Bertz CT molecular complexity index is 721. The van der Waals surface area contributed by atoms with Gasteiger partial charge >= 0.3 is 0 Å². The van der Waals surface area contributed by atoms with Crippen molar-refractivity contribution in [1.29, 1.82) is 0 Å². The van der Waals surface area contributed by atoms with Gasteiger partial charge in [0.1, 0.15) is 0 Å². The molecule has 1 aliphatic heterocycles. The molecule has 1 N–H and O–H groups in total. The summed E-state index contributed by atoms with van der Waals surface area (Å²) in [6.45, 7) is 6.41. The summed E-state index contributed by atoms with van der Waals surface area (Å²) >= 11 is 0. The summed E-state index contributed by atoms with van der Waals surface area (Å²) in [5.74, 6) is 0.615. The van der Waals surface area contributed by atoms with E-state index in [2.05, 4.69) is 42.2 Å². The summed E-state index contributed by atoms with van der Waals surface area (Å²) in [5, 5.41) is 13.5. The van der Waals surface area contributed by atoms with Crippen molar-refractivity contribution in [3.05, 3.63) is 47.0 Å². The maximum atomic E-state index is 11.0. The van der Waals surface area contributed by atoms with E-state index in [1.807, 2.05) is 0 Å². The van der Waals surface area contributed by atoms with Gasteiger partial charge in [-0.25, -0.2) is 0 Å². The Hall–Kier alpha value is -1.42. The van der Waals surface area contributed by atoms with Crippen molar-refractivity contribution in [3.8, 4) is 0 Å². The number of aliphatic hydroxyl groups excluding tert-OH is 1. The molecule has 0 saturated carbocycles. The van der Waals surface area contributed by atoms with E-state index in [4.69, 9.17) is 4.74 Å². The average molecular weight is 325 g/mol. The van der Waals surface area contributed by atoms with Gasteiger partial charge in [0.2, 0.25) is 0 Å². The van der Waals surface area contributed by atoms with Crippen LogP contribution in [0.4, 0.5) is 0 Å². The molecular formula is C21H27NO2. The zero-order chi connectivity index (χ0) is 16.5. The molecule has 2 unspecified atom stereocenters. The Balaban J connectivity index is 1.73. The lowest BCUT2D eigenvalue weighted by atomic mass is 9.79. The highest BCUT2D eigenvalue weighted by Gasteiger charge is 2.24.